The van der Waals surface area contributed by atoms with E-state index in [0.29, 0.717) is 17.4 Å². The fourth-order valence-electron chi connectivity index (χ4n) is 5.94. The summed E-state index contributed by atoms with van der Waals surface area (Å²) in [5, 5.41) is 0. The van der Waals surface area contributed by atoms with Crippen LogP contribution in [0.2, 0.25) is 0 Å². The number of rotatable bonds is 41. The van der Waals surface area contributed by atoms with Crippen molar-refractivity contribution in [1.29, 1.82) is 0 Å². The summed E-state index contributed by atoms with van der Waals surface area (Å²) >= 11 is 0. The molecular weight excluding hydrogens is 750 g/mol. The van der Waals surface area contributed by atoms with Crippen LogP contribution in [0.5, 0.6) is 0 Å². The number of phosphoric ester groups is 1. The minimum absolute atomic E-state index is 0.0172. The molecular formula is C48H87NO8P+. The van der Waals surface area contributed by atoms with E-state index in [1.54, 1.807) is 0 Å². The highest BCUT2D eigenvalue weighted by molar-refractivity contribution is 7.47. The smallest absolute Gasteiger partial charge is 0.462 e. The number of phosphoric acid groups is 1. The Morgan fingerprint density at radius 1 is 0.534 bits per heavy atom. The van der Waals surface area contributed by atoms with E-state index in [1.807, 2.05) is 33.3 Å². The third kappa shape index (κ3) is 43.3. The van der Waals surface area contributed by atoms with Crippen LogP contribution in [0.4, 0.5) is 0 Å². The Balaban J connectivity index is 4.46. The molecule has 0 amide bonds. The van der Waals surface area contributed by atoms with Crippen molar-refractivity contribution < 1.29 is 42.1 Å². The SMILES string of the molecule is CCCCC/C=C/C/C=C/C/C=C/C/C=C/C/C=C/CCC(=O)O[C@H](COC(=O)CCCCCCCCCCCCCCCCC)COP(=O)(O)OCC[N+](C)(C)C. The third-order valence-electron chi connectivity index (χ3n) is 9.56. The Morgan fingerprint density at radius 2 is 0.966 bits per heavy atom. The number of unbranched alkanes of at least 4 members (excludes halogenated alkanes) is 17. The second-order valence-corrected chi connectivity index (χ2v) is 17.9. The Kier molecular flexibility index (Phi) is 38.5. The van der Waals surface area contributed by atoms with Gasteiger partial charge in [-0.1, -0.05) is 177 Å². The molecule has 0 heterocycles. The van der Waals surface area contributed by atoms with E-state index in [2.05, 4.69) is 62.5 Å². The Hall–Kier alpha value is -2.29. The van der Waals surface area contributed by atoms with Crippen LogP contribution in [-0.2, 0) is 32.7 Å². The molecule has 0 saturated heterocycles. The first-order valence-electron chi connectivity index (χ1n) is 23.0. The van der Waals surface area contributed by atoms with E-state index in [0.717, 1.165) is 44.9 Å². The molecule has 0 bridgehead atoms. The van der Waals surface area contributed by atoms with Crippen LogP contribution in [0.3, 0.4) is 0 Å². The molecule has 0 aliphatic heterocycles. The van der Waals surface area contributed by atoms with Gasteiger partial charge in [0.1, 0.15) is 19.8 Å². The lowest BCUT2D eigenvalue weighted by Crippen LogP contribution is -2.37. The molecule has 1 unspecified atom stereocenters. The molecule has 0 rings (SSSR count). The van der Waals surface area contributed by atoms with E-state index in [9.17, 15) is 19.0 Å². The van der Waals surface area contributed by atoms with Gasteiger partial charge in [0.15, 0.2) is 6.10 Å². The standard InChI is InChI=1S/C48H86NO8P/c1-6-8-10-12-14-16-18-20-22-23-24-25-27-29-31-33-35-37-39-41-48(51)57-46(45-56-58(52,53)55-43-42-49(3,4)5)44-54-47(50)40-38-36-34-32-30-28-26-21-19-17-15-13-11-9-7-2/h14,16,20,22,24-25,29,31,35,37,46H,6-13,15,17-19,21,23,26-28,30,32-34,36,38-45H2,1-5H3/p+1/b16-14+,22-20+,25-24+,31-29+,37-35+/t46-/m1/s1. The van der Waals surface area contributed by atoms with E-state index < -0.39 is 26.5 Å². The van der Waals surface area contributed by atoms with Crippen LogP contribution in [0.15, 0.2) is 60.8 Å². The molecule has 0 radical (unpaired) electrons. The molecule has 0 aliphatic carbocycles. The zero-order valence-corrected chi connectivity index (χ0v) is 38.7. The first-order valence-corrected chi connectivity index (χ1v) is 24.5. The molecule has 336 valence electrons. The molecule has 1 N–H and O–H groups in total. The van der Waals surface area contributed by atoms with Crippen molar-refractivity contribution in [3.63, 3.8) is 0 Å². The first kappa shape index (κ1) is 55.7. The van der Waals surface area contributed by atoms with Crippen LogP contribution in [0.25, 0.3) is 0 Å². The number of carbonyl (C=O) groups excluding carboxylic acids is 2. The fraction of sp³-hybridized carbons (Fsp3) is 0.750. The lowest BCUT2D eigenvalue weighted by atomic mass is 10.0. The molecule has 2 atom stereocenters. The van der Waals surface area contributed by atoms with Crippen molar-refractivity contribution in [2.24, 2.45) is 0 Å². The van der Waals surface area contributed by atoms with Gasteiger partial charge in [0.25, 0.3) is 0 Å². The Bertz CT molecular complexity index is 1170. The normalized spacial score (nSPS) is 14.1. The molecule has 9 nitrogen and oxygen atoms in total. The summed E-state index contributed by atoms with van der Waals surface area (Å²) in [6.45, 7) is 4.31. The van der Waals surface area contributed by atoms with Crippen molar-refractivity contribution >= 4 is 19.8 Å². The number of carbonyl (C=O) groups is 2. The molecule has 10 heteroatoms. The summed E-state index contributed by atoms with van der Waals surface area (Å²) in [7, 11) is 1.43. The van der Waals surface area contributed by atoms with Gasteiger partial charge in [0, 0.05) is 12.8 Å². The average molecular weight is 837 g/mol. The largest absolute Gasteiger partial charge is 0.472 e. The van der Waals surface area contributed by atoms with E-state index in [4.69, 9.17) is 18.5 Å². The number of hydrogen-bond acceptors (Lipinski definition) is 7. The van der Waals surface area contributed by atoms with Crippen molar-refractivity contribution in [2.45, 2.75) is 187 Å². The van der Waals surface area contributed by atoms with Crippen molar-refractivity contribution in [1.82, 2.24) is 0 Å². The second kappa shape index (κ2) is 40.1. The second-order valence-electron chi connectivity index (χ2n) is 16.4. The predicted octanol–water partition coefficient (Wildman–Crippen LogP) is 13.2. The van der Waals surface area contributed by atoms with Gasteiger partial charge in [-0.2, -0.15) is 0 Å². The molecule has 0 spiro atoms. The van der Waals surface area contributed by atoms with Gasteiger partial charge in [0.05, 0.1) is 27.7 Å². The maximum absolute atomic E-state index is 12.7. The summed E-state index contributed by atoms with van der Waals surface area (Å²) in [6.07, 6.45) is 48.5. The number of esters is 2. The monoisotopic (exact) mass is 837 g/mol. The number of ether oxygens (including phenoxy) is 2. The zero-order valence-electron chi connectivity index (χ0n) is 37.8. The van der Waals surface area contributed by atoms with Crippen LogP contribution >= 0.6 is 7.82 Å². The molecule has 0 aromatic carbocycles. The third-order valence-corrected chi connectivity index (χ3v) is 10.5. The van der Waals surface area contributed by atoms with E-state index in [1.165, 1.54) is 103 Å². The molecule has 0 fully saturated rings. The van der Waals surface area contributed by atoms with Crippen molar-refractivity contribution in [3.05, 3.63) is 60.8 Å². The van der Waals surface area contributed by atoms with Gasteiger partial charge in [-0.3, -0.25) is 18.6 Å². The van der Waals surface area contributed by atoms with Gasteiger partial charge in [-0.15, -0.1) is 0 Å². The summed E-state index contributed by atoms with van der Waals surface area (Å²) in [6, 6.07) is 0. The number of nitrogens with zero attached hydrogens (tertiary/aromatic N) is 1. The molecule has 0 aromatic heterocycles. The van der Waals surface area contributed by atoms with Gasteiger partial charge in [-0.25, -0.2) is 4.57 Å². The van der Waals surface area contributed by atoms with Gasteiger partial charge in [0.2, 0.25) is 0 Å². The highest BCUT2D eigenvalue weighted by atomic mass is 31.2. The molecule has 58 heavy (non-hydrogen) atoms. The lowest BCUT2D eigenvalue weighted by molar-refractivity contribution is -0.870. The van der Waals surface area contributed by atoms with Gasteiger partial charge in [-0.05, 0) is 51.4 Å². The van der Waals surface area contributed by atoms with Crippen molar-refractivity contribution in [2.75, 3.05) is 47.5 Å². The lowest BCUT2D eigenvalue weighted by Gasteiger charge is -2.24. The zero-order chi connectivity index (χ0) is 42.8. The fourth-order valence-corrected chi connectivity index (χ4v) is 6.68. The van der Waals surface area contributed by atoms with Crippen LogP contribution in [0.1, 0.15) is 181 Å². The molecule has 0 aromatic rings. The number of quaternary nitrogens is 1. The topological polar surface area (TPSA) is 108 Å². The number of hydrogen-bond donors (Lipinski definition) is 1. The summed E-state index contributed by atoms with van der Waals surface area (Å²) in [5.41, 5.74) is 0. The van der Waals surface area contributed by atoms with E-state index in [-0.39, 0.29) is 32.0 Å². The van der Waals surface area contributed by atoms with Crippen molar-refractivity contribution in [3.8, 4) is 0 Å². The van der Waals surface area contributed by atoms with Crippen LogP contribution < -0.4 is 0 Å². The van der Waals surface area contributed by atoms with E-state index >= 15 is 0 Å². The summed E-state index contributed by atoms with van der Waals surface area (Å²) < 4.78 is 34.2. The number of allylic oxidation sites excluding steroid dienone is 10. The maximum Gasteiger partial charge on any atom is 0.472 e. The van der Waals surface area contributed by atoms with Gasteiger partial charge < -0.3 is 18.9 Å². The Labute approximate surface area is 356 Å². The predicted molar refractivity (Wildman–Crippen MR) is 243 cm³/mol. The first-order chi connectivity index (χ1) is 28.0. The van der Waals surface area contributed by atoms with Crippen LogP contribution in [-0.4, -0.2) is 74.9 Å². The van der Waals surface area contributed by atoms with Crippen LogP contribution in [0, 0.1) is 0 Å². The number of likely N-dealkylation sites (N-methyl/N-ethyl adjacent to an activating group) is 1. The molecule has 0 saturated carbocycles. The highest BCUT2D eigenvalue weighted by Gasteiger charge is 2.27. The maximum atomic E-state index is 12.7. The minimum Gasteiger partial charge on any atom is -0.462 e. The minimum atomic E-state index is -4.40. The quantitative estimate of drug-likeness (QED) is 0.0213. The summed E-state index contributed by atoms with van der Waals surface area (Å²) in [4.78, 5) is 35.4. The highest BCUT2D eigenvalue weighted by Crippen LogP contribution is 2.43. The Morgan fingerprint density at radius 3 is 1.45 bits per heavy atom. The summed E-state index contributed by atoms with van der Waals surface area (Å²) in [5.74, 6) is -0.893. The average Bonchev–Trinajstić information content (AvgIpc) is 3.17. The van der Waals surface area contributed by atoms with Gasteiger partial charge >= 0.3 is 19.8 Å². The molecule has 0 aliphatic rings.